The van der Waals surface area contributed by atoms with Gasteiger partial charge in [0.2, 0.25) is 0 Å². The molecule has 6 heteroatoms. The van der Waals surface area contributed by atoms with E-state index in [0.717, 1.165) is 5.56 Å². The second-order valence-corrected chi connectivity index (χ2v) is 5.25. The molecule has 21 heavy (non-hydrogen) atoms. The van der Waals surface area contributed by atoms with Crippen molar-refractivity contribution < 1.29 is 14.7 Å². The number of benzene rings is 2. The molecule has 1 amide bonds. The lowest BCUT2D eigenvalue weighted by atomic mass is 10.1. The summed E-state index contributed by atoms with van der Waals surface area (Å²) in [6, 6.07) is 9.27. The standard InChI is InChI=1S/C15H11Cl2NO3/c1-8-2-4-10(12(16)6-8)14(19)18-9-3-5-11(15(20)21)13(17)7-9/h2-7H,1H3,(H,18,19)(H,20,21). The molecule has 2 aromatic rings. The molecule has 0 saturated heterocycles. The van der Waals surface area contributed by atoms with E-state index in [1.807, 2.05) is 6.92 Å². The fourth-order valence-corrected chi connectivity index (χ4v) is 2.35. The highest BCUT2D eigenvalue weighted by Crippen LogP contribution is 2.23. The number of anilines is 1. The van der Waals surface area contributed by atoms with Crippen LogP contribution in [0.4, 0.5) is 5.69 Å². The maximum atomic E-state index is 12.1. The van der Waals surface area contributed by atoms with Gasteiger partial charge in [0.25, 0.3) is 5.91 Å². The SMILES string of the molecule is Cc1ccc(C(=O)Nc2ccc(C(=O)O)c(Cl)c2)c(Cl)c1. The average Bonchev–Trinajstić information content (AvgIpc) is 2.37. The van der Waals surface area contributed by atoms with Crippen molar-refractivity contribution in [1.82, 2.24) is 0 Å². The van der Waals surface area contributed by atoms with Crippen LogP contribution < -0.4 is 5.32 Å². The lowest BCUT2D eigenvalue weighted by molar-refractivity contribution is 0.0697. The number of hydrogen-bond acceptors (Lipinski definition) is 2. The minimum absolute atomic E-state index is 0.0250. The van der Waals surface area contributed by atoms with E-state index in [-0.39, 0.29) is 16.5 Å². The lowest BCUT2D eigenvalue weighted by Gasteiger charge is -2.08. The number of carboxylic acid groups (broad SMARTS) is 1. The third-order valence-electron chi connectivity index (χ3n) is 2.83. The first-order chi connectivity index (χ1) is 9.88. The summed E-state index contributed by atoms with van der Waals surface area (Å²) in [6.07, 6.45) is 0. The van der Waals surface area contributed by atoms with Gasteiger partial charge in [-0.05, 0) is 42.8 Å². The molecule has 2 aromatic carbocycles. The normalized spacial score (nSPS) is 10.2. The van der Waals surface area contributed by atoms with Gasteiger partial charge in [0.05, 0.1) is 21.2 Å². The van der Waals surface area contributed by atoms with Gasteiger partial charge in [-0.1, -0.05) is 29.3 Å². The largest absolute Gasteiger partial charge is 0.478 e. The van der Waals surface area contributed by atoms with E-state index < -0.39 is 5.97 Å². The number of hydrogen-bond donors (Lipinski definition) is 2. The molecule has 0 heterocycles. The number of carbonyl (C=O) groups excluding carboxylic acids is 1. The predicted octanol–water partition coefficient (Wildman–Crippen LogP) is 4.25. The molecule has 0 fully saturated rings. The molecule has 108 valence electrons. The molecule has 0 aliphatic heterocycles. The zero-order chi connectivity index (χ0) is 15.6. The number of aryl methyl sites for hydroxylation is 1. The molecular formula is C15H11Cl2NO3. The summed E-state index contributed by atoms with van der Waals surface area (Å²) < 4.78 is 0. The maximum Gasteiger partial charge on any atom is 0.337 e. The van der Waals surface area contributed by atoms with Crippen LogP contribution in [0.2, 0.25) is 10.0 Å². The van der Waals surface area contributed by atoms with Crippen LogP contribution in [0.5, 0.6) is 0 Å². The van der Waals surface area contributed by atoms with Gasteiger partial charge >= 0.3 is 5.97 Å². The molecule has 0 bridgehead atoms. The summed E-state index contributed by atoms with van der Waals surface area (Å²) in [5.74, 6) is -1.52. The molecule has 2 N–H and O–H groups in total. The Bertz CT molecular complexity index is 729. The van der Waals surface area contributed by atoms with E-state index >= 15 is 0 Å². The number of rotatable bonds is 3. The molecule has 0 aliphatic carbocycles. The second-order valence-electron chi connectivity index (χ2n) is 4.44. The van der Waals surface area contributed by atoms with E-state index in [1.54, 1.807) is 18.2 Å². The van der Waals surface area contributed by atoms with E-state index in [1.165, 1.54) is 18.2 Å². The Morgan fingerprint density at radius 2 is 1.62 bits per heavy atom. The zero-order valence-electron chi connectivity index (χ0n) is 11.0. The van der Waals surface area contributed by atoms with Crippen LogP contribution in [0.15, 0.2) is 36.4 Å². The Morgan fingerprint density at radius 1 is 1.00 bits per heavy atom. The molecular weight excluding hydrogens is 313 g/mol. The summed E-state index contributed by atoms with van der Waals surface area (Å²) >= 11 is 11.9. The van der Waals surface area contributed by atoms with E-state index in [4.69, 9.17) is 28.3 Å². The van der Waals surface area contributed by atoms with Gasteiger partial charge in [-0.15, -0.1) is 0 Å². The van der Waals surface area contributed by atoms with Crippen molar-refractivity contribution >= 4 is 40.8 Å². The summed E-state index contributed by atoms with van der Waals surface area (Å²) in [6.45, 7) is 1.87. The minimum Gasteiger partial charge on any atom is -0.478 e. The van der Waals surface area contributed by atoms with E-state index in [0.29, 0.717) is 16.3 Å². The smallest absolute Gasteiger partial charge is 0.337 e. The van der Waals surface area contributed by atoms with Crippen LogP contribution in [-0.4, -0.2) is 17.0 Å². The van der Waals surface area contributed by atoms with Crippen molar-refractivity contribution in [3.8, 4) is 0 Å². The van der Waals surface area contributed by atoms with Gasteiger partial charge in [-0.3, -0.25) is 4.79 Å². The Hall–Kier alpha value is -2.04. The number of aromatic carboxylic acids is 1. The highest BCUT2D eigenvalue weighted by Gasteiger charge is 2.13. The number of carbonyl (C=O) groups is 2. The summed E-state index contributed by atoms with van der Waals surface area (Å²) in [5, 5.41) is 11.9. The van der Waals surface area contributed by atoms with Gasteiger partial charge in [-0.25, -0.2) is 4.79 Å². The molecule has 4 nitrogen and oxygen atoms in total. The third kappa shape index (κ3) is 3.54. The van der Waals surface area contributed by atoms with Crippen molar-refractivity contribution in [3.05, 3.63) is 63.1 Å². The van der Waals surface area contributed by atoms with Crippen LogP contribution in [-0.2, 0) is 0 Å². The first-order valence-corrected chi connectivity index (χ1v) is 6.74. The molecule has 0 aliphatic rings. The van der Waals surface area contributed by atoms with Crippen molar-refractivity contribution in [2.75, 3.05) is 5.32 Å². The Kier molecular flexibility index (Phi) is 4.50. The van der Waals surface area contributed by atoms with Crippen LogP contribution in [0.1, 0.15) is 26.3 Å². The molecule has 0 spiro atoms. The van der Waals surface area contributed by atoms with Crippen LogP contribution in [0.25, 0.3) is 0 Å². The van der Waals surface area contributed by atoms with Crippen molar-refractivity contribution in [3.63, 3.8) is 0 Å². The molecule has 0 atom stereocenters. The fourth-order valence-electron chi connectivity index (χ4n) is 1.77. The second kappa shape index (κ2) is 6.16. The Balaban J connectivity index is 2.23. The van der Waals surface area contributed by atoms with Crippen molar-refractivity contribution in [2.45, 2.75) is 6.92 Å². The first-order valence-electron chi connectivity index (χ1n) is 5.99. The Labute approximate surface area is 131 Å². The Morgan fingerprint density at radius 3 is 2.19 bits per heavy atom. The molecule has 0 aromatic heterocycles. The first kappa shape index (κ1) is 15.4. The number of halogens is 2. The van der Waals surface area contributed by atoms with Gasteiger partial charge < -0.3 is 10.4 Å². The summed E-state index contributed by atoms with van der Waals surface area (Å²) in [5.41, 5.74) is 1.65. The summed E-state index contributed by atoms with van der Waals surface area (Å²) in [7, 11) is 0. The van der Waals surface area contributed by atoms with Gasteiger partial charge in [0.15, 0.2) is 0 Å². The van der Waals surface area contributed by atoms with Crippen molar-refractivity contribution in [2.24, 2.45) is 0 Å². The average molecular weight is 324 g/mol. The summed E-state index contributed by atoms with van der Waals surface area (Å²) in [4.78, 5) is 23.0. The fraction of sp³-hybridized carbons (Fsp3) is 0.0667. The third-order valence-corrected chi connectivity index (χ3v) is 3.45. The maximum absolute atomic E-state index is 12.1. The molecule has 0 radical (unpaired) electrons. The van der Waals surface area contributed by atoms with E-state index in [2.05, 4.69) is 5.32 Å². The molecule has 2 rings (SSSR count). The number of carboxylic acids is 1. The van der Waals surface area contributed by atoms with Crippen molar-refractivity contribution in [1.29, 1.82) is 0 Å². The zero-order valence-corrected chi connectivity index (χ0v) is 12.5. The quantitative estimate of drug-likeness (QED) is 0.887. The number of nitrogens with one attached hydrogen (secondary N) is 1. The monoisotopic (exact) mass is 323 g/mol. The van der Waals surface area contributed by atoms with Crippen LogP contribution in [0, 0.1) is 6.92 Å². The van der Waals surface area contributed by atoms with Gasteiger partial charge in [0, 0.05) is 5.69 Å². The van der Waals surface area contributed by atoms with Gasteiger partial charge in [-0.2, -0.15) is 0 Å². The molecule has 0 saturated carbocycles. The minimum atomic E-state index is -1.13. The van der Waals surface area contributed by atoms with E-state index in [9.17, 15) is 9.59 Å². The topological polar surface area (TPSA) is 66.4 Å². The van der Waals surface area contributed by atoms with Gasteiger partial charge in [0.1, 0.15) is 0 Å². The molecule has 0 unspecified atom stereocenters. The van der Waals surface area contributed by atoms with Crippen LogP contribution >= 0.6 is 23.2 Å². The predicted molar refractivity (Wildman–Crippen MR) is 82.6 cm³/mol. The lowest BCUT2D eigenvalue weighted by Crippen LogP contribution is -2.12. The highest BCUT2D eigenvalue weighted by molar-refractivity contribution is 6.35. The van der Waals surface area contributed by atoms with Crippen LogP contribution in [0.3, 0.4) is 0 Å². The highest BCUT2D eigenvalue weighted by atomic mass is 35.5. The number of amides is 1.